The van der Waals surface area contributed by atoms with Gasteiger partial charge in [-0.25, -0.2) is 0 Å². The molecule has 44 heavy (non-hydrogen) atoms. The Morgan fingerprint density at radius 2 is 1.68 bits per heavy atom. The molecule has 3 aliphatic rings. The van der Waals surface area contributed by atoms with Gasteiger partial charge in [0.05, 0.1) is 5.92 Å². The second-order valence-corrected chi connectivity index (χ2v) is 15.7. The van der Waals surface area contributed by atoms with Crippen molar-refractivity contribution in [3.63, 3.8) is 0 Å². The van der Waals surface area contributed by atoms with Gasteiger partial charge in [0, 0.05) is 41.1 Å². The van der Waals surface area contributed by atoms with E-state index in [2.05, 4.69) is 79.7 Å². The zero-order valence-corrected chi connectivity index (χ0v) is 28.4. The van der Waals surface area contributed by atoms with Crippen LogP contribution in [0, 0.1) is 24.2 Å². The SMILES string of the molecule is Cc1ccc2cc(C(C)C)c3c(c2c1CCC(=O)C(C)C)[C@H]1c2cc(C(C)C)c(O)cc2[C@@]2(C)CCC(=O)C(C)(C)[C@@H]2[C@H]1O3. The van der Waals surface area contributed by atoms with Crippen molar-refractivity contribution in [1.29, 1.82) is 0 Å². The van der Waals surface area contributed by atoms with Gasteiger partial charge in [0.25, 0.3) is 0 Å². The quantitative estimate of drug-likeness (QED) is 0.309. The van der Waals surface area contributed by atoms with Crippen LogP contribution in [0.3, 0.4) is 0 Å². The summed E-state index contributed by atoms with van der Waals surface area (Å²) in [6, 6.07) is 11.0. The van der Waals surface area contributed by atoms with Crippen molar-refractivity contribution in [2.45, 2.75) is 124 Å². The van der Waals surface area contributed by atoms with E-state index in [-0.39, 0.29) is 46.9 Å². The van der Waals surface area contributed by atoms with Crippen LogP contribution in [0.5, 0.6) is 11.5 Å². The van der Waals surface area contributed by atoms with Gasteiger partial charge in [-0.05, 0) is 87.9 Å². The highest BCUT2D eigenvalue weighted by atomic mass is 16.5. The number of Topliss-reactive ketones (excluding diaryl/α,β-unsaturated/α-hetero) is 2. The first kappa shape index (κ1) is 30.9. The van der Waals surface area contributed by atoms with Gasteiger partial charge in [-0.15, -0.1) is 0 Å². The molecule has 3 aromatic carbocycles. The summed E-state index contributed by atoms with van der Waals surface area (Å²) >= 11 is 0. The number of rotatable bonds is 6. The third-order valence-electron chi connectivity index (χ3n) is 11.6. The Bertz CT molecular complexity index is 1690. The molecule has 4 heteroatoms. The molecule has 4 atom stereocenters. The number of fused-ring (bicyclic) bond motifs is 10. The van der Waals surface area contributed by atoms with Gasteiger partial charge in [0.15, 0.2) is 0 Å². The number of carbonyl (C=O) groups excluding carboxylic acids is 2. The minimum atomic E-state index is -0.585. The van der Waals surface area contributed by atoms with Crippen LogP contribution < -0.4 is 4.74 Å². The fourth-order valence-corrected chi connectivity index (χ4v) is 9.12. The van der Waals surface area contributed by atoms with Crippen LogP contribution in [-0.2, 0) is 21.4 Å². The molecule has 3 aromatic rings. The number of carbonyl (C=O) groups is 2. The highest BCUT2D eigenvalue weighted by Crippen LogP contribution is 2.65. The molecular weight excluding hydrogens is 544 g/mol. The van der Waals surface area contributed by atoms with Crippen LogP contribution in [0.1, 0.15) is 138 Å². The van der Waals surface area contributed by atoms with Gasteiger partial charge < -0.3 is 9.84 Å². The molecule has 0 bridgehead atoms. The lowest BCUT2D eigenvalue weighted by atomic mass is 9.47. The Morgan fingerprint density at radius 1 is 1.00 bits per heavy atom. The van der Waals surface area contributed by atoms with Gasteiger partial charge in [0.2, 0.25) is 0 Å². The fraction of sp³-hybridized carbons (Fsp3) is 0.550. The fourth-order valence-electron chi connectivity index (χ4n) is 9.12. The zero-order chi connectivity index (χ0) is 32.0. The van der Waals surface area contributed by atoms with Crippen molar-refractivity contribution in [1.82, 2.24) is 0 Å². The maximum absolute atomic E-state index is 13.7. The van der Waals surface area contributed by atoms with Crippen LogP contribution in [-0.4, -0.2) is 22.8 Å². The number of aromatic hydroxyl groups is 1. The molecule has 1 heterocycles. The predicted octanol–water partition coefficient (Wildman–Crippen LogP) is 9.43. The van der Waals surface area contributed by atoms with Crippen molar-refractivity contribution in [2.24, 2.45) is 17.3 Å². The maximum atomic E-state index is 13.7. The monoisotopic (exact) mass is 594 g/mol. The van der Waals surface area contributed by atoms with Crippen molar-refractivity contribution in [2.75, 3.05) is 0 Å². The van der Waals surface area contributed by atoms with E-state index >= 15 is 0 Å². The molecule has 0 aromatic heterocycles. The molecule has 0 amide bonds. The number of phenolic OH excluding ortho intramolecular Hbond substituents is 1. The molecular formula is C40H50O4. The summed E-state index contributed by atoms with van der Waals surface area (Å²) in [7, 11) is 0. The second-order valence-electron chi connectivity index (χ2n) is 15.7. The maximum Gasteiger partial charge on any atom is 0.138 e. The Hall–Kier alpha value is -3.14. The number of ketones is 2. The smallest absolute Gasteiger partial charge is 0.138 e. The van der Waals surface area contributed by atoms with E-state index in [9.17, 15) is 14.7 Å². The topological polar surface area (TPSA) is 63.6 Å². The van der Waals surface area contributed by atoms with Crippen LogP contribution in [0.25, 0.3) is 10.8 Å². The normalized spacial score (nSPS) is 25.2. The molecule has 6 rings (SSSR count). The van der Waals surface area contributed by atoms with Crippen LogP contribution in [0.2, 0.25) is 0 Å². The Labute approximate surface area is 263 Å². The third kappa shape index (κ3) is 4.37. The van der Waals surface area contributed by atoms with E-state index in [1.165, 1.54) is 38.6 Å². The van der Waals surface area contributed by atoms with E-state index in [1.807, 2.05) is 19.9 Å². The second kappa shape index (κ2) is 10.5. The lowest BCUT2D eigenvalue weighted by molar-refractivity contribution is -0.142. The summed E-state index contributed by atoms with van der Waals surface area (Å²) in [6.07, 6.45) is 2.27. The van der Waals surface area contributed by atoms with E-state index in [0.717, 1.165) is 23.3 Å². The highest BCUT2D eigenvalue weighted by molar-refractivity contribution is 5.95. The number of hydrogen-bond acceptors (Lipinski definition) is 4. The summed E-state index contributed by atoms with van der Waals surface area (Å²) in [5.41, 5.74) is 7.26. The molecule has 1 aliphatic heterocycles. The van der Waals surface area contributed by atoms with Crippen molar-refractivity contribution < 1.29 is 19.4 Å². The van der Waals surface area contributed by atoms with Gasteiger partial charge in [-0.1, -0.05) is 80.5 Å². The average molecular weight is 595 g/mol. The summed E-state index contributed by atoms with van der Waals surface area (Å²) in [6.45, 7) is 21.4. The number of aryl methyl sites for hydroxylation is 2. The lowest BCUT2D eigenvalue weighted by Gasteiger charge is -2.56. The molecule has 1 saturated carbocycles. The summed E-state index contributed by atoms with van der Waals surface area (Å²) in [4.78, 5) is 26.5. The predicted molar refractivity (Wildman–Crippen MR) is 178 cm³/mol. The molecule has 0 saturated heterocycles. The summed E-state index contributed by atoms with van der Waals surface area (Å²) < 4.78 is 7.29. The van der Waals surface area contributed by atoms with E-state index in [0.29, 0.717) is 30.8 Å². The Balaban J connectivity index is 1.71. The molecule has 4 nitrogen and oxygen atoms in total. The number of hydrogen-bond donors (Lipinski definition) is 1. The third-order valence-corrected chi connectivity index (χ3v) is 11.6. The van der Waals surface area contributed by atoms with E-state index in [1.54, 1.807) is 0 Å². The van der Waals surface area contributed by atoms with E-state index < -0.39 is 5.41 Å². The molecule has 2 aliphatic carbocycles. The molecule has 0 spiro atoms. The first-order valence-corrected chi connectivity index (χ1v) is 16.8. The van der Waals surface area contributed by atoms with Gasteiger partial charge in [-0.3, -0.25) is 9.59 Å². The van der Waals surface area contributed by atoms with Crippen LogP contribution >= 0.6 is 0 Å². The standard InChI is InChI=1S/C40H50O4/c1-20(2)26-18-28-29(19-31(26)42)40(10)16-15-32(43)39(8,9)38(40)37-34(28)35-33-24(17-27(21(3)4)36(35)44-37)12-11-23(7)25(33)13-14-30(41)22(5)6/h11-12,17-22,34,37-38,42H,13-16H2,1-10H3/t34-,37+,38+,40-/m1/s1. The van der Waals surface area contributed by atoms with Gasteiger partial charge in [-0.2, -0.15) is 0 Å². The largest absolute Gasteiger partial charge is 0.508 e. The summed E-state index contributed by atoms with van der Waals surface area (Å²) in [5, 5.41) is 13.8. The first-order chi connectivity index (χ1) is 20.6. The number of ether oxygens (including phenoxy) is 1. The molecule has 1 N–H and O–H groups in total. The molecule has 1 fully saturated rings. The Kier molecular flexibility index (Phi) is 7.34. The first-order valence-electron chi connectivity index (χ1n) is 16.8. The summed E-state index contributed by atoms with van der Waals surface area (Å²) in [5.74, 6) is 2.16. The average Bonchev–Trinajstić information content (AvgIpc) is 3.33. The highest BCUT2D eigenvalue weighted by Gasteiger charge is 2.63. The van der Waals surface area contributed by atoms with Gasteiger partial charge in [0.1, 0.15) is 29.2 Å². The van der Waals surface area contributed by atoms with Crippen LogP contribution in [0.4, 0.5) is 0 Å². The minimum Gasteiger partial charge on any atom is -0.508 e. The molecule has 0 radical (unpaired) electrons. The Morgan fingerprint density at radius 3 is 2.32 bits per heavy atom. The minimum absolute atomic E-state index is 0.00681. The van der Waals surface area contributed by atoms with Crippen molar-refractivity contribution >= 4 is 22.3 Å². The van der Waals surface area contributed by atoms with E-state index in [4.69, 9.17) is 4.74 Å². The number of phenols is 1. The van der Waals surface area contributed by atoms with Crippen molar-refractivity contribution in [3.05, 3.63) is 69.3 Å². The number of benzene rings is 3. The lowest BCUT2D eigenvalue weighted by Crippen LogP contribution is -2.59. The van der Waals surface area contributed by atoms with Gasteiger partial charge >= 0.3 is 0 Å². The molecule has 234 valence electrons. The van der Waals surface area contributed by atoms with Crippen molar-refractivity contribution in [3.8, 4) is 11.5 Å². The van der Waals surface area contributed by atoms with Crippen LogP contribution in [0.15, 0.2) is 30.3 Å². The zero-order valence-electron chi connectivity index (χ0n) is 28.4. The molecule has 0 unspecified atom stereocenters.